The number of amides is 2. The predicted octanol–water partition coefficient (Wildman–Crippen LogP) is 1.51. The minimum Gasteiger partial charge on any atom is -0.351 e. The Morgan fingerprint density at radius 1 is 1.02 bits per heavy atom. The zero-order chi connectivity index (χ0) is 29.1. The summed E-state index contributed by atoms with van der Waals surface area (Å²) in [4.78, 5) is 33.8. The van der Waals surface area contributed by atoms with Gasteiger partial charge in [0.25, 0.3) is 0 Å². The number of rotatable bonds is 7. The molecule has 6 aliphatic rings. The van der Waals surface area contributed by atoms with Crippen LogP contribution in [-0.4, -0.2) is 110 Å². The summed E-state index contributed by atoms with van der Waals surface area (Å²) in [5.41, 5.74) is 12.8. The molecule has 6 aliphatic heterocycles. The third-order valence-electron chi connectivity index (χ3n) is 11.7. The fourth-order valence-corrected chi connectivity index (χ4v) is 8.88. The summed E-state index contributed by atoms with van der Waals surface area (Å²) >= 11 is 0. The van der Waals surface area contributed by atoms with Crippen LogP contribution in [0.5, 0.6) is 0 Å². The van der Waals surface area contributed by atoms with E-state index in [-0.39, 0.29) is 29.3 Å². The Bertz CT molecular complexity index is 892. The van der Waals surface area contributed by atoms with E-state index in [1.54, 1.807) is 0 Å². The molecule has 0 aliphatic carbocycles. The van der Waals surface area contributed by atoms with Crippen LogP contribution in [0.1, 0.15) is 71.1 Å². The first-order valence-electron chi connectivity index (χ1n) is 16.6. The Kier molecular flexibility index (Phi) is 10.3. The summed E-state index contributed by atoms with van der Waals surface area (Å²) in [6.07, 6.45) is 7.62. The molecule has 234 valence electrons. The first-order chi connectivity index (χ1) is 19.7. The van der Waals surface area contributed by atoms with Crippen LogP contribution >= 0.6 is 0 Å². The smallest absolute Gasteiger partial charge is 0.227 e. The van der Waals surface area contributed by atoms with E-state index in [9.17, 15) is 14.0 Å². The summed E-state index contributed by atoms with van der Waals surface area (Å²) < 4.78 is 14.8. The molecule has 2 amide bonds. The summed E-state index contributed by atoms with van der Waals surface area (Å²) in [6.45, 7) is 8.68. The minimum atomic E-state index is -0.870. The van der Waals surface area contributed by atoms with E-state index in [1.807, 2.05) is 0 Å². The highest BCUT2D eigenvalue weighted by Crippen LogP contribution is 2.46. The van der Waals surface area contributed by atoms with E-state index in [0.717, 1.165) is 104 Å². The standard InChI is InChI=1S/C31H56FN7O2/c1-3-31-10-4-23(32)20-39(17-11-31)26(18-31)27(28(33)34)29(40)36-25-19-35-12-5-24(25)21-8-15-38(16-9-21)30(41)22-6-13-37(2)14-7-22/h21-28,35H,3-20,33-34H2,1-2H3,(H,36,40). The lowest BCUT2D eigenvalue weighted by Gasteiger charge is -2.52. The highest BCUT2D eigenvalue weighted by molar-refractivity contribution is 5.80. The molecule has 6 fully saturated rings. The fraction of sp³-hybridized carbons (Fsp3) is 0.935. The average Bonchev–Trinajstić information content (AvgIpc) is 2.96. The molecule has 0 aromatic heterocycles. The van der Waals surface area contributed by atoms with E-state index in [1.165, 1.54) is 0 Å². The molecule has 6 heterocycles. The molecule has 7 unspecified atom stereocenters. The molecule has 2 bridgehead atoms. The molecule has 41 heavy (non-hydrogen) atoms. The van der Waals surface area contributed by atoms with Crippen LogP contribution in [0.25, 0.3) is 0 Å². The van der Waals surface area contributed by atoms with Crippen LogP contribution < -0.4 is 22.1 Å². The number of alkyl halides is 1. The number of hydrogen-bond donors (Lipinski definition) is 4. The summed E-state index contributed by atoms with van der Waals surface area (Å²) in [7, 11) is 2.13. The largest absolute Gasteiger partial charge is 0.351 e. The molecule has 7 atom stereocenters. The Balaban J connectivity index is 1.22. The van der Waals surface area contributed by atoms with Gasteiger partial charge in [-0.05, 0) is 108 Å². The molecule has 6 saturated heterocycles. The van der Waals surface area contributed by atoms with Crippen molar-refractivity contribution in [3.8, 4) is 0 Å². The maximum absolute atomic E-state index is 14.8. The highest BCUT2D eigenvalue weighted by Gasteiger charge is 2.48. The van der Waals surface area contributed by atoms with Gasteiger partial charge in [0.15, 0.2) is 0 Å². The molecule has 6 N–H and O–H groups in total. The second-order valence-electron chi connectivity index (χ2n) is 14.1. The number of halogens is 1. The maximum Gasteiger partial charge on any atom is 0.227 e. The zero-order valence-corrected chi connectivity index (χ0v) is 25.5. The Hall–Kier alpha value is -1.33. The number of hydrogen-bond acceptors (Lipinski definition) is 7. The molecular weight excluding hydrogens is 521 g/mol. The Morgan fingerprint density at radius 3 is 2.44 bits per heavy atom. The minimum absolute atomic E-state index is 0.00781. The summed E-state index contributed by atoms with van der Waals surface area (Å²) in [5.74, 6) is 0.710. The number of nitrogens with zero attached hydrogens (tertiary/aromatic N) is 3. The number of fused-ring (bicyclic) bond motifs is 5. The fourth-order valence-electron chi connectivity index (χ4n) is 8.88. The lowest BCUT2D eigenvalue weighted by Crippen LogP contribution is -2.64. The number of piperidine rings is 4. The van der Waals surface area contributed by atoms with Crippen molar-refractivity contribution in [2.24, 2.45) is 40.6 Å². The van der Waals surface area contributed by atoms with Crippen LogP contribution in [0, 0.1) is 29.1 Å². The lowest BCUT2D eigenvalue weighted by atomic mass is 9.66. The maximum atomic E-state index is 14.8. The van der Waals surface area contributed by atoms with Gasteiger partial charge in [-0.3, -0.25) is 14.5 Å². The number of nitrogens with two attached hydrogens (primary N) is 2. The van der Waals surface area contributed by atoms with Gasteiger partial charge >= 0.3 is 0 Å². The predicted molar refractivity (Wildman–Crippen MR) is 160 cm³/mol. The van der Waals surface area contributed by atoms with Crippen LogP contribution in [0.4, 0.5) is 4.39 Å². The van der Waals surface area contributed by atoms with Gasteiger partial charge in [0.05, 0.1) is 12.1 Å². The van der Waals surface area contributed by atoms with Gasteiger partial charge in [-0.2, -0.15) is 0 Å². The number of carbonyl (C=O) groups is 2. The molecule has 0 spiro atoms. The second-order valence-corrected chi connectivity index (χ2v) is 14.1. The van der Waals surface area contributed by atoms with Gasteiger partial charge in [0.1, 0.15) is 6.17 Å². The van der Waals surface area contributed by atoms with Crippen molar-refractivity contribution in [3.63, 3.8) is 0 Å². The second kappa shape index (κ2) is 13.5. The van der Waals surface area contributed by atoms with Crippen molar-refractivity contribution >= 4 is 11.8 Å². The SMILES string of the molecule is CCC12CCC(F)CN(CC1)C(C(C(=O)NC1CNCCC1C1CCN(C(=O)C3CCN(C)CC3)CC1)C(N)N)C2. The van der Waals surface area contributed by atoms with Gasteiger partial charge in [-0.25, -0.2) is 4.39 Å². The van der Waals surface area contributed by atoms with E-state index >= 15 is 0 Å². The molecule has 0 radical (unpaired) electrons. The van der Waals surface area contributed by atoms with Crippen LogP contribution in [-0.2, 0) is 9.59 Å². The molecule has 0 aromatic rings. The van der Waals surface area contributed by atoms with E-state index < -0.39 is 18.3 Å². The van der Waals surface area contributed by atoms with E-state index in [4.69, 9.17) is 11.5 Å². The summed E-state index contributed by atoms with van der Waals surface area (Å²) in [5, 5.41) is 6.90. The van der Waals surface area contributed by atoms with Crippen molar-refractivity contribution < 1.29 is 14.0 Å². The molecular formula is C31H56FN7O2. The van der Waals surface area contributed by atoms with Crippen LogP contribution in [0.3, 0.4) is 0 Å². The van der Waals surface area contributed by atoms with Crippen molar-refractivity contribution in [2.45, 2.75) is 95.6 Å². The quantitative estimate of drug-likeness (QED) is 0.339. The van der Waals surface area contributed by atoms with Crippen LogP contribution in [0.15, 0.2) is 0 Å². The van der Waals surface area contributed by atoms with Gasteiger partial charge < -0.3 is 31.9 Å². The topological polar surface area (TPSA) is 120 Å². The van der Waals surface area contributed by atoms with Crippen molar-refractivity contribution in [1.29, 1.82) is 0 Å². The first kappa shape index (κ1) is 31.1. The highest BCUT2D eigenvalue weighted by atomic mass is 19.1. The van der Waals surface area contributed by atoms with Crippen molar-refractivity contribution in [2.75, 3.05) is 59.4 Å². The molecule has 0 aromatic carbocycles. The van der Waals surface area contributed by atoms with Crippen molar-refractivity contribution in [1.82, 2.24) is 25.3 Å². The molecule has 9 nitrogen and oxygen atoms in total. The number of likely N-dealkylation sites (tertiary alicyclic amines) is 2. The van der Waals surface area contributed by atoms with Crippen molar-refractivity contribution in [3.05, 3.63) is 0 Å². The van der Waals surface area contributed by atoms with Gasteiger partial charge in [0.2, 0.25) is 11.8 Å². The third kappa shape index (κ3) is 7.08. The Morgan fingerprint density at radius 2 is 1.76 bits per heavy atom. The monoisotopic (exact) mass is 577 g/mol. The normalized spacial score (nSPS) is 37.0. The Labute approximate surface area is 246 Å². The van der Waals surface area contributed by atoms with E-state index in [2.05, 4.69) is 39.3 Å². The lowest BCUT2D eigenvalue weighted by molar-refractivity contribution is -0.138. The van der Waals surface area contributed by atoms with Crippen LogP contribution in [0.2, 0.25) is 0 Å². The average molecular weight is 578 g/mol. The van der Waals surface area contributed by atoms with Gasteiger partial charge in [-0.1, -0.05) is 13.3 Å². The molecule has 10 heteroatoms. The number of carbonyl (C=O) groups excluding carboxylic acids is 2. The molecule has 6 rings (SSSR count). The number of nitrogens with one attached hydrogen (secondary N) is 2. The van der Waals surface area contributed by atoms with Gasteiger partial charge in [0, 0.05) is 44.2 Å². The zero-order valence-electron chi connectivity index (χ0n) is 25.5. The summed E-state index contributed by atoms with van der Waals surface area (Å²) in [6, 6.07) is -0.125. The van der Waals surface area contributed by atoms with E-state index in [0.29, 0.717) is 30.7 Å². The van der Waals surface area contributed by atoms with Gasteiger partial charge in [-0.15, -0.1) is 0 Å². The molecule has 0 saturated carbocycles. The third-order valence-corrected chi connectivity index (χ3v) is 11.7. The first-order valence-corrected chi connectivity index (χ1v) is 16.6.